The quantitative estimate of drug-likeness (QED) is 0.274. The number of hydrogen-bond donors (Lipinski definition) is 0. The van der Waals surface area contributed by atoms with Gasteiger partial charge in [-0.3, -0.25) is 9.36 Å². The third-order valence-electron chi connectivity index (χ3n) is 8.96. The van der Waals surface area contributed by atoms with E-state index in [9.17, 15) is 14.0 Å². The fourth-order valence-electron chi connectivity index (χ4n) is 6.64. The highest BCUT2D eigenvalue weighted by Gasteiger charge is 2.39. The predicted molar refractivity (Wildman–Crippen MR) is 162 cm³/mol. The van der Waals surface area contributed by atoms with Crippen molar-refractivity contribution >= 4 is 46.0 Å². The number of hydrogen-bond acceptors (Lipinski definition) is 6. The molecular formula is C31H33ClF2N4O3S. The molecule has 11 heteroatoms. The molecule has 1 aromatic heterocycles. The lowest BCUT2D eigenvalue weighted by molar-refractivity contribution is -0.128. The van der Waals surface area contributed by atoms with Crippen LogP contribution in [0.5, 0.6) is 0 Å². The minimum absolute atomic E-state index is 0.118. The molecule has 0 aliphatic carbocycles. The predicted octanol–water partition coefficient (Wildman–Crippen LogP) is 5.82. The Morgan fingerprint density at radius 1 is 1.17 bits per heavy atom. The number of anilines is 1. The molecule has 4 heterocycles. The maximum atomic E-state index is 15.4. The average molecular weight is 615 g/mol. The molecule has 6 rings (SSSR count). The summed E-state index contributed by atoms with van der Waals surface area (Å²) in [6.45, 7) is 12.1. The number of carbonyl (C=O) groups is 1. The van der Waals surface area contributed by atoms with Crippen molar-refractivity contribution in [1.82, 2.24) is 14.5 Å². The molecule has 222 valence electrons. The van der Waals surface area contributed by atoms with Crippen LogP contribution in [0, 0.1) is 24.0 Å². The number of amides is 1. The number of rotatable bonds is 3. The Morgan fingerprint density at radius 2 is 1.90 bits per heavy atom. The van der Waals surface area contributed by atoms with E-state index in [1.54, 1.807) is 21.2 Å². The molecule has 0 bridgehead atoms. The number of nitrogens with zero attached hydrogens (tertiary/aromatic N) is 4. The van der Waals surface area contributed by atoms with Gasteiger partial charge in [-0.2, -0.15) is 4.98 Å². The summed E-state index contributed by atoms with van der Waals surface area (Å²) >= 11 is 7.76. The second kappa shape index (κ2) is 11.0. The maximum Gasteiger partial charge on any atom is 0.350 e. The van der Waals surface area contributed by atoms with E-state index in [1.807, 2.05) is 26.8 Å². The Morgan fingerprint density at radius 3 is 2.62 bits per heavy atom. The van der Waals surface area contributed by atoms with Crippen molar-refractivity contribution in [2.75, 3.05) is 37.0 Å². The molecular weight excluding hydrogens is 582 g/mol. The second-order valence-corrected chi connectivity index (χ2v) is 13.2. The van der Waals surface area contributed by atoms with Gasteiger partial charge in [0.2, 0.25) is 5.91 Å². The summed E-state index contributed by atoms with van der Waals surface area (Å²) in [4.78, 5) is 35.8. The lowest BCUT2D eigenvalue weighted by atomic mass is 9.82. The van der Waals surface area contributed by atoms with E-state index in [0.29, 0.717) is 55.5 Å². The van der Waals surface area contributed by atoms with Crippen molar-refractivity contribution in [1.29, 1.82) is 0 Å². The van der Waals surface area contributed by atoms with E-state index >= 15 is 4.39 Å². The number of carbonyl (C=O) groups excluding carboxylic acids is 1. The molecule has 1 amide bonds. The van der Waals surface area contributed by atoms with Crippen LogP contribution in [-0.2, 0) is 16.1 Å². The van der Waals surface area contributed by atoms with Gasteiger partial charge in [-0.15, -0.1) is 11.8 Å². The first-order valence-electron chi connectivity index (χ1n) is 14.2. The van der Waals surface area contributed by atoms with E-state index < -0.39 is 11.6 Å². The summed E-state index contributed by atoms with van der Waals surface area (Å²) in [6.07, 6.45) is 2.91. The van der Waals surface area contributed by atoms with Crippen molar-refractivity contribution in [2.45, 2.75) is 57.1 Å². The molecule has 42 heavy (non-hydrogen) atoms. The van der Waals surface area contributed by atoms with E-state index in [4.69, 9.17) is 16.3 Å². The van der Waals surface area contributed by atoms with Crippen molar-refractivity contribution in [3.05, 3.63) is 63.6 Å². The second-order valence-electron chi connectivity index (χ2n) is 11.8. The number of piperazine rings is 1. The van der Waals surface area contributed by atoms with Crippen LogP contribution in [0.2, 0.25) is 5.02 Å². The SMILES string of the molecule is C=CC(=O)N1C[C@H](C)N(c2nc(=O)n3c4c(c(-c5cc(Cl)c(F)cc5F)c(C)cc24)SCC2(CCOCC2)C3)C[C@H]1C. The van der Waals surface area contributed by atoms with Crippen LogP contribution in [0.15, 0.2) is 40.5 Å². The zero-order chi connectivity index (χ0) is 29.9. The topological polar surface area (TPSA) is 67.7 Å². The molecule has 7 nitrogen and oxygen atoms in total. The molecule has 2 atom stereocenters. The van der Waals surface area contributed by atoms with Gasteiger partial charge in [0.15, 0.2) is 0 Å². The van der Waals surface area contributed by atoms with Gasteiger partial charge in [0.1, 0.15) is 17.5 Å². The molecule has 0 unspecified atom stereocenters. The van der Waals surface area contributed by atoms with E-state index in [-0.39, 0.29) is 39.7 Å². The molecule has 3 aromatic rings. The van der Waals surface area contributed by atoms with Gasteiger partial charge < -0.3 is 14.5 Å². The van der Waals surface area contributed by atoms with Gasteiger partial charge in [-0.25, -0.2) is 13.6 Å². The van der Waals surface area contributed by atoms with Crippen LogP contribution in [-0.4, -0.2) is 64.5 Å². The average Bonchev–Trinajstić information content (AvgIpc) is 3.12. The van der Waals surface area contributed by atoms with Crippen LogP contribution < -0.4 is 10.6 Å². The Labute approximate surface area is 252 Å². The highest BCUT2D eigenvalue weighted by Crippen LogP contribution is 2.49. The van der Waals surface area contributed by atoms with Gasteiger partial charge >= 0.3 is 5.69 Å². The van der Waals surface area contributed by atoms with Crippen LogP contribution in [0.3, 0.4) is 0 Å². The van der Waals surface area contributed by atoms with Crippen molar-refractivity contribution in [2.24, 2.45) is 5.41 Å². The first kappa shape index (κ1) is 29.1. The molecule has 2 fully saturated rings. The normalized spacial score (nSPS) is 22.0. The van der Waals surface area contributed by atoms with Gasteiger partial charge in [0.05, 0.1) is 10.5 Å². The molecule has 1 spiro atoms. The van der Waals surface area contributed by atoms with Crippen LogP contribution in [0.4, 0.5) is 14.6 Å². The molecule has 3 aliphatic heterocycles. The van der Waals surface area contributed by atoms with Gasteiger partial charge in [0.25, 0.3) is 0 Å². The van der Waals surface area contributed by atoms with Gasteiger partial charge in [0, 0.05) is 83.6 Å². The molecule has 3 aliphatic rings. The number of benzene rings is 2. The summed E-state index contributed by atoms with van der Waals surface area (Å²) in [5.74, 6) is -0.404. The summed E-state index contributed by atoms with van der Waals surface area (Å²) < 4.78 is 37.0. The Bertz CT molecular complexity index is 1670. The Kier molecular flexibility index (Phi) is 7.60. The van der Waals surface area contributed by atoms with Crippen LogP contribution >= 0.6 is 23.4 Å². The minimum Gasteiger partial charge on any atom is -0.381 e. The van der Waals surface area contributed by atoms with E-state index in [2.05, 4.69) is 16.5 Å². The largest absolute Gasteiger partial charge is 0.381 e. The molecule has 2 aromatic carbocycles. The van der Waals surface area contributed by atoms with Crippen molar-refractivity contribution in [3.8, 4) is 11.1 Å². The monoisotopic (exact) mass is 614 g/mol. The van der Waals surface area contributed by atoms with Gasteiger partial charge in [-0.05, 0) is 57.4 Å². The Balaban J connectivity index is 1.60. The summed E-state index contributed by atoms with van der Waals surface area (Å²) in [7, 11) is 0. The summed E-state index contributed by atoms with van der Waals surface area (Å²) in [5.41, 5.74) is 1.70. The lowest BCUT2D eigenvalue weighted by Crippen LogP contribution is -2.58. The maximum absolute atomic E-state index is 15.4. The van der Waals surface area contributed by atoms with E-state index in [1.165, 1.54) is 12.1 Å². The zero-order valence-electron chi connectivity index (χ0n) is 23.9. The number of aryl methyl sites for hydroxylation is 1. The molecule has 0 radical (unpaired) electrons. The highest BCUT2D eigenvalue weighted by atomic mass is 35.5. The smallest absolute Gasteiger partial charge is 0.350 e. The highest BCUT2D eigenvalue weighted by molar-refractivity contribution is 7.99. The van der Waals surface area contributed by atoms with Crippen molar-refractivity contribution in [3.63, 3.8) is 0 Å². The Hall–Kier alpha value is -2.95. The molecule has 2 saturated heterocycles. The standard InChI is InChI=1S/C31H33ClF2N4O3S/c1-5-25(39)36-13-19(4)37(14-18(36)3)29-21-10-17(2)26(20-11-22(32)24(34)12-23(20)33)28-27(21)38(30(40)35-29)15-31(16-42-28)6-8-41-9-7-31/h5,10-12,18-19H,1,6-9,13-16H2,2-4H3/t18-,19+/m1/s1. The first-order valence-corrected chi connectivity index (χ1v) is 15.5. The van der Waals surface area contributed by atoms with Crippen LogP contribution in [0.1, 0.15) is 32.3 Å². The fourth-order valence-corrected chi connectivity index (χ4v) is 8.40. The number of aromatic nitrogens is 2. The molecule has 0 N–H and O–H groups in total. The summed E-state index contributed by atoms with van der Waals surface area (Å²) in [6, 6.07) is 3.85. The third-order valence-corrected chi connectivity index (χ3v) is 10.7. The third kappa shape index (κ3) is 4.81. The first-order chi connectivity index (χ1) is 20.0. The molecule has 0 saturated carbocycles. The number of ether oxygens (including phenoxy) is 1. The van der Waals surface area contributed by atoms with E-state index in [0.717, 1.165) is 34.8 Å². The number of halogens is 3. The van der Waals surface area contributed by atoms with Gasteiger partial charge in [-0.1, -0.05) is 18.2 Å². The van der Waals surface area contributed by atoms with Crippen molar-refractivity contribution < 1.29 is 18.3 Å². The zero-order valence-corrected chi connectivity index (χ0v) is 25.5. The number of thioether (sulfide) groups is 1. The summed E-state index contributed by atoms with van der Waals surface area (Å²) in [5, 5.41) is 0.624. The lowest BCUT2D eigenvalue weighted by Gasteiger charge is -2.44. The van der Waals surface area contributed by atoms with Crippen LogP contribution in [0.25, 0.3) is 22.0 Å². The minimum atomic E-state index is -0.823. The fraction of sp³-hybridized carbons (Fsp3) is 0.452.